The Hall–Kier alpha value is -2.01. The molecule has 56 heavy (non-hydrogen) atoms. The molecule has 6 N–H and O–H groups in total. The summed E-state index contributed by atoms with van der Waals surface area (Å²) in [5.41, 5.74) is 10.1. The first kappa shape index (κ1) is 52.0. The molecule has 0 amide bonds. The number of allylic oxidation sites excluding steroid dienone is 2. The Morgan fingerprint density at radius 1 is 0.982 bits per heavy atom. The average molecular weight is 803 g/mol. The second-order valence-corrected chi connectivity index (χ2v) is 13.2. The molecule has 14 nitrogen and oxygen atoms in total. The van der Waals surface area contributed by atoms with E-state index >= 15 is 0 Å². The van der Waals surface area contributed by atoms with Crippen molar-refractivity contribution < 1.29 is 133 Å². The van der Waals surface area contributed by atoms with Crippen LogP contribution in [0.15, 0.2) is 45.5 Å². The van der Waals surface area contributed by atoms with Gasteiger partial charge in [0.2, 0.25) is 0 Å². The average Bonchev–Trinajstić information content (AvgIpc) is 3.76. The molecule has 0 spiro atoms. The molecule has 0 aliphatic carbocycles. The SMILES string of the molecule is C=Cc1c2[nH]c(c1C)/C=C1\N/C(=C(/C(C(=O)O)C(=O)O)C3=C=C(C)C(/C=c4/[nH]/c(c(C)c4CC)=C\2)N3)C(CCC([O-])=N[C@@H](CC(=O)[O-])C(=O)[O-])C1C.[Na+].[Na+].[Na+].[Na]. The summed E-state index contributed by atoms with van der Waals surface area (Å²) in [5, 5.41) is 64.4. The third-order valence-corrected chi connectivity index (χ3v) is 10.1. The van der Waals surface area contributed by atoms with Gasteiger partial charge in [0.05, 0.1) is 23.8 Å². The standard InChI is InChI=1S/C38H43N5O9.4Na/c1-7-20-18(5)25-14-28-21(8-2)17(4)24(40-28)13-26-19(6)22(9-10-31(44)42-30(36(47)48)15-32(45)46)35(43-26)33(34(37(49)50)38(51)52)29-11-16(3)23(39-29)12-27(20)41-25;;;;/h8,12-14,19,22-23,30,34,39-41,43H,2,7,9-10,15H2,1,3-6H3,(H,42,44)(H,45,46)(H,47,48)(H,49,50)(H,51,52);;;;/q;;3*+1/p-3/b25-14-,26-13-,27-12+,35-33+;;;;/t19?,22?,23?,30-;;;;/m0..../s1. The largest absolute Gasteiger partial charge is 1.00 e. The smallest absolute Gasteiger partial charge is 0.862 e. The summed E-state index contributed by atoms with van der Waals surface area (Å²) >= 11 is 0. The van der Waals surface area contributed by atoms with Gasteiger partial charge in [-0.2, -0.15) is 0 Å². The summed E-state index contributed by atoms with van der Waals surface area (Å²) in [4.78, 5) is 58.5. The van der Waals surface area contributed by atoms with E-state index in [0.29, 0.717) is 23.4 Å². The van der Waals surface area contributed by atoms with Gasteiger partial charge in [-0.25, -0.2) is 0 Å². The Bertz CT molecular complexity index is 2180. The monoisotopic (exact) mass is 802 g/mol. The maximum absolute atomic E-state index is 12.9. The van der Waals surface area contributed by atoms with Crippen molar-refractivity contribution >= 4 is 83.6 Å². The molecule has 1 saturated heterocycles. The number of carbonyl (C=O) groups is 4. The molecule has 1 radical (unpaired) electrons. The number of carbonyl (C=O) groups excluding carboxylic acids is 2. The first-order valence-electron chi connectivity index (χ1n) is 16.9. The van der Waals surface area contributed by atoms with Gasteiger partial charge in [-0.3, -0.25) is 14.6 Å². The molecule has 275 valence electrons. The molecule has 0 saturated carbocycles. The third-order valence-electron chi connectivity index (χ3n) is 10.1. The number of H-pyrrole nitrogens is 2. The van der Waals surface area contributed by atoms with Crippen LogP contribution in [0.5, 0.6) is 0 Å². The predicted molar refractivity (Wildman–Crippen MR) is 191 cm³/mol. The number of carboxylic acids is 4. The molecule has 5 rings (SSSR count). The van der Waals surface area contributed by atoms with Crippen molar-refractivity contribution in [3.05, 3.63) is 84.9 Å². The number of aliphatic imine (C=N–C) groups is 1. The summed E-state index contributed by atoms with van der Waals surface area (Å²) < 4.78 is 0. The molecule has 0 aromatic carbocycles. The molecule has 3 aliphatic rings. The minimum atomic E-state index is -2.05. The molecule has 2 aromatic heterocycles. The van der Waals surface area contributed by atoms with Gasteiger partial charge in [0.1, 0.15) is 0 Å². The van der Waals surface area contributed by atoms with Crippen LogP contribution >= 0.6 is 0 Å². The van der Waals surface area contributed by atoms with Crippen LogP contribution in [0, 0.1) is 31.6 Å². The van der Waals surface area contributed by atoms with Crippen LogP contribution in [0.25, 0.3) is 24.3 Å². The Labute approximate surface area is 412 Å². The Morgan fingerprint density at radius 2 is 1.62 bits per heavy atom. The van der Waals surface area contributed by atoms with Crippen LogP contribution in [0.3, 0.4) is 0 Å². The summed E-state index contributed by atoms with van der Waals surface area (Å²) in [6.07, 6.45) is 6.85. The molecule has 18 heteroatoms. The first-order chi connectivity index (χ1) is 24.6. The molecule has 1 fully saturated rings. The maximum atomic E-state index is 12.9. The summed E-state index contributed by atoms with van der Waals surface area (Å²) in [6, 6.07) is -2.44. The van der Waals surface area contributed by atoms with E-state index in [1.54, 1.807) is 13.0 Å². The quantitative estimate of drug-likeness (QED) is 0.0387. The molecule has 3 aliphatic heterocycles. The molecular weight excluding hydrogens is 762 g/mol. The summed E-state index contributed by atoms with van der Waals surface area (Å²) in [6.45, 7) is 13.7. The summed E-state index contributed by atoms with van der Waals surface area (Å²) in [5.74, 6) is -10.9. The number of carboxylic acid groups (broad SMARTS) is 4. The van der Waals surface area contributed by atoms with Crippen LogP contribution in [0.2, 0.25) is 0 Å². The molecule has 3 unspecified atom stereocenters. The van der Waals surface area contributed by atoms with E-state index in [4.69, 9.17) is 0 Å². The number of aromatic amines is 2. The Morgan fingerprint density at radius 3 is 2.18 bits per heavy atom. The number of aliphatic carboxylic acids is 4. The van der Waals surface area contributed by atoms with E-state index in [-0.39, 0.29) is 148 Å². The predicted octanol–water partition coefficient (Wildman–Crippen LogP) is -10.1. The third kappa shape index (κ3) is 11.0. The second kappa shape index (κ2) is 21.8. The Kier molecular flexibility index (Phi) is 20.3. The minimum Gasteiger partial charge on any atom is -0.862 e. The zero-order valence-corrected chi connectivity index (χ0v) is 41.4. The van der Waals surface area contributed by atoms with E-state index in [9.17, 15) is 44.7 Å². The number of nitrogens with one attached hydrogen (secondary N) is 4. The van der Waals surface area contributed by atoms with Crippen molar-refractivity contribution in [1.82, 2.24) is 20.6 Å². The number of hydrogen-bond donors (Lipinski definition) is 6. The van der Waals surface area contributed by atoms with Gasteiger partial charge >= 0.3 is 101 Å². The van der Waals surface area contributed by atoms with E-state index in [0.717, 1.165) is 38.6 Å². The van der Waals surface area contributed by atoms with Gasteiger partial charge in [0.15, 0.2) is 5.92 Å². The Balaban J connectivity index is 0.00000392. The topological polar surface area (TPSA) is 246 Å². The molecular formula is C38H40N5Na4O9. The summed E-state index contributed by atoms with van der Waals surface area (Å²) in [7, 11) is 0. The fourth-order valence-electron chi connectivity index (χ4n) is 7.25. The van der Waals surface area contributed by atoms with Crippen molar-refractivity contribution in [3.63, 3.8) is 0 Å². The van der Waals surface area contributed by atoms with Crippen molar-refractivity contribution in [2.24, 2.45) is 22.7 Å². The number of aromatic nitrogens is 2. The van der Waals surface area contributed by atoms with Crippen molar-refractivity contribution in [2.45, 2.75) is 72.4 Å². The zero-order valence-electron chi connectivity index (χ0n) is 33.4. The van der Waals surface area contributed by atoms with Gasteiger partial charge in [-0.1, -0.05) is 32.2 Å². The molecule has 2 aromatic rings. The van der Waals surface area contributed by atoms with E-state index in [1.807, 2.05) is 45.9 Å². The van der Waals surface area contributed by atoms with Crippen LogP contribution < -0.4 is 125 Å². The van der Waals surface area contributed by atoms with E-state index in [1.165, 1.54) is 0 Å². The minimum absolute atomic E-state index is 0. The van der Waals surface area contributed by atoms with Crippen molar-refractivity contribution in [3.8, 4) is 0 Å². The van der Waals surface area contributed by atoms with Crippen LogP contribution in [0.1, 0.15) is 73.7 Å². The van der Waals surface area contributed by atoms with E-state index in [2.05, 4.69) is 37.9 Å². The molecule has 8 bridgehead atoms. The van der Waals surface area contributed by atoms with Crippen LogP contribution in [0.4, 0.5) is 0 Å². The zero-order chi connectivity index (χ0) is 38.2. The molecule has 5 heterocycles. The fourth-order valence-corrected chi connectivity index (χ4v) is 7.25. The number of rotatable bonds is 12. The number of nitrogens with zero attached hydrogens (tertiary/aromatic N) is 1. The van der Waals surface area contributed by atoms with Gasteiger partial charge in [0.25, 0.3) is 0 Å². The second-order valence-electron chi connectivity index (χ2n) is 13.2. The molecule has 4 atom stereocenters. The van der Waals surface area contributed by atoms with Crippen LogP contribution in [-0.2, 0) is 25.6 Å². The van der Waals surface area contributed by atoms with Crippen molar-refractivity contribution in [2.75, 3.05) is 0 Å². The maximum Gasteiger partial charge on any atom is 1.00 e. The van der Waals surface area contributed by atoms with Crippen LogP contribution in [-0.4, -0.2) is 91.6 Å². The van der Waals surface area contributed by atoms with Crippen molar-refractivity contribution in [1.29, 1.82) is 0 Å². The normalized spacial score (nSPS) is 22.1. The van der Waals surface area contributed by atoms with Gasteiger partial charge in [-0.05, 0) is 86.4 Å². The first-order valence-corrected chi connectivity index (χ1v) is 16.9. The van der Waals surface area contributed by atoms with E-state index < -0.39 is 66.0 Å². The van der Waals surface area contributed by atoms with Gasteiger partial charge in [-0.15, -0.1) is 0 Å². The van der Waals surface area contributed by atoms with Gasteiger partial charge in [0, 0.05) is 98.4 Å². The number of hydrogen-bond acceptors (Lipinski definition) is 10. The van der Waals surface area contributed by atoms with Gasteiger partial charge < -0.3 is 55.7 Å². The number of fused-ring (bicyclic) bond motifs is 8. The fraction of sp³-hybridized carbons (Fsp3) is 0.368.